The molecule has 2 rings (SSSR count). The lowest BCUT2D eigenvalue weighted by molar-refractivity contribution is -0.136. The zero-order valence-corrected chi connectivity index (χ0v) is 11.4. The van der Waals surface area contributed by atoms with Crippen LogP contribution >= 0.6 is 0 Å². The molecule has 5 nitrogen and oxygen atoms in total. The average Bonchev–Trinajstić information content (AvgIpc) is 2.33. The highest BCUT2D eigenvalue weighted by Crippen LogP contribution is 2.14. The van der Waals surface area contributed by atoms with Crippen LogP contribution in [0, 0.1) is 0 Å². The van der Waals surface area contributed by atoms with Crippen molar-refractivity contribution in [2.45, 2.75) is 13.0 Å². The minimum Gasteiger partial charge on any atom is -0.481 e. The van der Waals surface area contributed by atoms with Crippen LogP contribution < -0.4 is 0 Å². The van der Waals surface area contributed by atoms with Crippen LogP contribution in [0.1, 0.15) is 11.1 Å². The summed E-state index contributed by atoms with van der Waals surface area (Å²) in [7, 11) is -2.87. The topological polar surface area (TPSA) is 74.7 Å². The molecule has 6 heteroatoms. The summed E-state index contributed by atoms with van der Waals surface area (Å²) in [5.74, 6) is -0.476. The molecule has 1 heterocycles. The second-order valence-corrected chi connectivity index (χ2v) is 7.07. The summed E-state index contributed by atoms with van der Waals surface area (Å²) in [6.07, 6.45) is 0.00229. The molecule has 104 valence electrons. The van der Waals surface area contributed by atoms with E-state index in [0.29, 0.717) is 19.6 Å². The maximum Gasteiger partial charge on any atom is 0.307 e. The van der Waals surface area contributed by atoms with Crippen molar-refractivity contribution in [1.82, 2.24) is 4.90 Å². The molecule has 1 saturated heterocycles. The standard InChI is InChI=1S/C13H17NO4S/c15-13(16)9-11-3-1-2-4-12(11)10-14-5-7-19(17,18)8-6-14/h1-4H,5-10H2,(H,15,16). The first-order valence-corrected chi connectivity index (χ1v) is 8.00. The van der Waals surface area contributed by atoms with Crippen molar-refractivity contribution in [3.05, 3.63) is 35.4 Å². The highest BCUT2D eigenvalue weighted by molar-refractivity contribution is 7.91. The van der Waals surface area contributed by atoms with Gasteiger partial charge >= 0.3 is 5.97 Å². The molecule has 0 saturated carbocycles. The first-order chi connectivity index (χ1) is 8.96. The molecule has 1 aliphatic heterocycles. The number of hydrogen-bond acceptors (Lipinski definition) is 4. The summed E-state index contributed by atoms with van der Waals surface area (Å²) in [6.45, 7) is 1.65. The van der Waals surface area contributed by atoms with Crippen molar-refractivity contribution in [3.63, 3.8) is 0 Å². The number of carbonyl (C=O) groups is 1. The van der Waals surface area contributed by atoms with E-state index in [1.54, 1.807) is 0 Å². The van der Waals surface area contributed by atoms with Crippen LogP contribution in [0.3, 0.4) is 0 Å². The van der Waals surface area contributed by atoms with Gasteiger partial charge in [-0.1, -0.05) is 24.3 Å². The molecular formula is C13H17NO4S. The molecule has 1 aliphatic rings. The lowest BCUT2D eigenvalue weighted by Crippen LogP contribution is -2.39. The maximum absolute atomic E-state index is 11.4. The molecular weight excluding hydrogens is 266 g/mol. The monoisotopic (exact) mass is 283 g/mol. The summed E-state index contributed by atoms with van der Waals surface area (Å²) < 4.78 is 22.7. The minimum absolute atomic E-state index is 0.00229. The van der Waals surface area contributed by atoms with Gasteiger partial charge in [0.05, 0.1) is 17.9 Å². The predicted octanol–water partition coefficient (Wildman–Crippen LogP) is 0.544. The van der Waals surface area contributed by atoms with Gasteiger partial charge in [0.25, 0.3) is 0 Å². The third kappa shape index (κ3) is 4.04. The summed E-state index contributed by atoms with van der Waals surface area (Å²) in [5.41, 5.74) is 1.76. The zero-order valence-electron chi connectivity index (χ0n) is 10.6. The fourth-order valence-electron chi connectivity index (χ4n) is 2.20. The third-order valence-electron chi connectivity index (χ3n) is 3.29. The van der Waals surface area contributed by atoms with E-state index < -0.39 is 15.8 Å². The smallest absolute Gasteiger partial charge is 0.307 e. The summed E-state index contributed by atoms with van der Waals surface area (Å²) in [4.78, 5) is 12.9. The molecule has 1 fully saturated rings. The van der Waals surface area contributed by atoms with Crippen molar-refractivity contribution in [2.75, 3.05) is 24.6 Å². The second kappa shape index (κ2) is 5.71. The van der Waals surface area contributed by atoms with E-state index in [2.05, 4.69) is 4.90 Å². The summed E-state index contributed by atoms with van der Waals surface area (Å²) in [5, 5.41) is 8.87. The van der Waals surface area contributed by atoms with Gasteiger partial charge in [-0.05, 0) is 11.1 Å². The maximum atomic E-state index is 11.4. The fraction of sp³-hybridized carbons (Fsp3) is 0.462. The molecule has 0 atom stereocenters. The Balaban J connectivity index is 2.05. The van der Waals surface area contributed by atoms with E-state index in [1.165, 1.54) is 0 Å². The quantitative estimate of drug-likeness (QED) is 0.873. The molecule has 1 N–H and O–H groups in total. The van der Waals surface area contributed by atoms with Crippen LogP contribution in [0.4, 0.5) is 0 Å². The zero-order chi connectivity index (χ0) is 13.9. The van der Waals surface area contributed by atoms with Crippen molar-refractivity contribution in [1.29, 1.82) is 0 Å². The summed E-state index contributed by atoms with van der Waals surface area (Å²) in [6, 6.07) is 7.41. The van der Waals surface area contributed by atoms with Gasteiger partial charge in [-0.3, -0.25) is 9.69 Å². The van der Waals surface area contributed by atoms with Crippen LogP contribution in [0.15, 0.2) is 24.3 Å². The predicted molar refractivity (Wildman–Crippen MR) is 71.7 cm³/mol. The molecule has 0 bridgehead atoms. The highest BCUT2D eigenvalue weighted by atomic mass is 32.2. The van der Waals surface area contributed by atoms with Crippen LogP contribution in [0.2, 0.25) is 0 Å². The van der Waals surface area contributed by atoms with Gasteiger partial charge in [-0.15, -0.1) is 0 Å². The number of aliphatic carboxylic acids is 1. The second-order valence-electron chi connectivity index (χ2n) is 4.77. The number of rotatable bonds is 4. The largest absolute Gasteiger partial charge is 0.481 e. The van der Waals surface area contributed by atoms with Crippen LogP contribution in [-0.2, 0) is 27.6 Å². The summed E-state index contributed by atoms with van der Waals surface area (Å²) >= 11 is 0. The Labute approximate surface area is 112 Å². The van der Waals surface area contributed by atoms with Gasteiger partial charge in [0, 0.05) is 19.6 Å². The number of carboxylic acids is 1. The molecule has 1 aromatic carbocycles. The Hall–Kier alpha value is -1.40. The van der Waals surface area contributed by atoms with Crippen molar-refractivity contribution >= 4 is 15.8 Å². The molecule has 0 radical (unpaired) electrons. The Morgan fingerprint density at radius 3 is 2.32 bits per heavy atom. The fourth-order valence-corrected chi connectivity index (χ4v) is 3.47. The lowest BCUT2D eigenvalue weighted by Gasteiger charge is -2.27. The van der Waals surface area contributed by atoms with Crippen LogP contribution in [0.25, 0.3) is 0 Å². The molecule has 0 spiro atoms. The molecule has 1 aromatic rings. The molecule has 0 amide bonds. The van der Waals surface area contributed by atoms with Gasteiger partial charge in [0.15, 0.2) is 9.84 Å². The van der Waals surface area contributed by atoms with Gasteiger partial charge in [-0.2, -0.15) is 0 Å². The number of carboxylic acid groups (broad SMARTS) is 1. The molecule has 0 aromatic heterocycles. The minimum atomic E-state index is -2.87. The Morgan fingerprint density at radius 1 is 1.16 bits per heavy atom. The average molecular weight is 283 g/mol. The van der Waals surface area contributed by atoms with Gasteiger partial charge in [0.1, 0.15) is 0 Å². The van der Waals surface area contributed by atoms with E-state index in [1.807, 2.05) is 24.3 Å². The lowest BCUT2D eigenvalue weighted by atomic mass is 10.0. The molecule has 19 heavy (non-hydrogen) atoms. The number of benzene rings is 1. The van der Waals surface area contributed by atoms with E-state index in [0.717, 1.165) is 11.1 Å². The third-order valence-corrected chi connectivity index (χ3v) is 4.90. The number of nitrogens with zero attached hydrogens (tertiary/aromatic N) is 1. The van der Waals surface area contributed by atoms with E-state index in [4.69, 9.17) is 5.11 Å². The van der Waals surface area contributed by atoms with Crippen LogP contribution in [0.5, 0.6) is 0 Å². The Morgan fingerprint density at radius 2 is 1.74 bits per heavy atom. The normalized spacial score (nSPS) is 19.2. The van der Waals surface area contributed by atoms with Crippen molar-refractivity contribution in [2.24, 2.45) is 0 Å². The van der Waals surface area contributed by atoms with Gasteiger partial charge in [0.2, 0.25) is 0 Å². The first kappa shape index (κ1) is 14.0. The number of sulfone groups is 1. The van der Waals surface area contributed by atoms with Crippen LogP contribution in [-0.4, -0.2) is 49.0 Å². The van der Waals surface area contributed by atoms with E-state index >= 15 is 0 Å². The first-order valence-electron chi connectivity index (χ1n) is 6.18. The van der Waals surface area contributed by atoms with Gasteiger partial charge in [-0.25, -0.2) is 8.42 Å². The Kier molecular flexibility index (Phi) is 4.21. The van der Waals surface area contributed by atoms with Crippen molar-refractivity contribution < 1.29 is 18.3 Å². The van der Waals surface area contributed by atoms with E-state index in [-0.39, 0.29) is 17.9 Å². The van der Waals surface area contributed by atoms with Gasteiger partial charge < -0.3 is 5.11 Å². The number of hydrogen-bond donors (Lipinski definition) is 1. The molecule has 0 aliphatic carbocycles. The Bertz CT molecular complexity index is 554. The molecule has 0 unspecified atom stereocenters. The van der Waals surface area contributed by atoms with Crippen molar-refractivity contribution in [3.8, 4) is 0 Å². The van der Waals surface area contributed by atoms with E-state index in [9.17, 15) is 13.2 Å². The highest BCUT2D eigenvalue weighted by Gasteiger charge is 2.22. The SMILES string of the molecule is O=C(O)Cc1ccccc1CN1CCS(=O)(=O)CC1.